The molecule has 1 aromatic carbocycles. The minimum Gasteiger partial charge on any atom is -0.496 e. The number of nitrogens with zero attached hydrogens (tertiary/aromatic N) is 4. The normalized spacial score (nSPS) is 10.3. The van der Waals surface area contributed by atoms with Gasteiger partial charge in [0.15, 0.2) is 5.82 Å². The number of hydrogen-bond acceptors (Lipinski definition) is 5. The Morgan fingerprint density at radius 2 is 2.24 bits per heavy atom. The van der Waals surface area contributed by atoms with Crippen molar-refractivity contribution in [2.24, 2.45) is 7.05 Å². The molecule has 0 aliphatic carbocycles. The standard InChI is InChI=1S/C11H15N5O/c1-8-6-9(4-5-10(8)17-3)12-7-11-13-15-16(2)14-11/h4-6,12H,7H2,1-3H3. The summed E-state index contributed by atoms with van der Waals surface area (Å²) in [6.07, 6.45) is 0. The van der Waals surface area contributed by atoms with Crippen LogP contribution in [-0.4, -0.2) is 27.3 Å². The second-order valence-corrected chi connectivity index (χ2v) is 3.73. The van der Waals surface area contributed by atoms with E-state index in [-0.39, 0.29) is 0 Å². The van der Waals surface area contributed by atoms with E-state index in [2.05, 4.69) is 20.7 Å². The van der Waals surface area contributed by atoms with Gasteiger partial charge in [-0.05, 0) is 35.9 Å². The van der Waals surface area contributed by atoms with E-state index >= 15 is 0 Å². The molecule has 0 spiro atoms. The monoisotopic (exact) mass is 233 g/mol. The molecule has 1 heterocycles. The number of anilines is 1. The van der Waals surface area contributed by atoms with Gasteiger partial charge in [0.05, 0.1) is 20.7 Å². The van der Waals surface area contributed by atoms with E-state index in [4.69, 9.17) is 4.74 Å². The quantitative estimate of drug-likeness (QED) is 0.857. The van der Waals surface area contributed by atoms with Crippen molar-refractivity contribution in [1.82, 2.24) is 20.2 Å². The van der Waals surface area contributed by atoms with Gasteiger partial charge in [-0.25, -0.2) is 0 Å². The molecule has 2 aromatic rings. The fourth-order valence-electron chi connectivity index (χ4n) is 1.56. The van der Waals surface area contributed by atoms with Crippen LogP contribution in [0.1, 0.15) is 11.4 Å². The Labute approximate surface area is 99.6 Å². The van der Waals surface area contributed by atoms with E-state index in [1.54, 1.807) is 14.2 Å². The second kappa shape index (κ2) is 4.82. The number of aryl methyl sites for hydroxylation is 2. The third-order valence-corrected chi connectivity index (χ3v) is 2.40. The lowest BCUT2D eigenvalue weighted by atomic mass is 10.2. The zero-order valence-corrected chi connectivity index (χ0v) is 10.1. The third-order valence-electron chi connectivity index (χ3n) is 2.40. The van der Waals surface area contributed by atoms with E-state index in [1.165, 1.54) is 4.80 Å². The lowest BCUT2D eigenvalue weighted by molar-refractivity contribution is 0.412. The molecule has 0 saturated carbocycles. The first-order valence-electron chi connectivity index (χ1n) is 5.30. The zero-order valence-electron chi connectivity index (χ0n) is 10.1. The van der Waals surface area contributed by atoms with E-state index in [0.29, 0.717) is 12.4 Å². The van der Waals surface area contributed by atoms with Crippen molar-refractivity contribution in [2.75, 3.05) is 12.4 Å². The molecule has 2 rings (SSSR count). The molecule has 1 N–H and O–H groups in total. The van der Waals surface area contributed by atoms with Gasteiger partial charge in [-0.1, -0.05) is 0 Å². The summed E-state index contributed by atoms with van der Waals surface area (Å²) in [6.45, 7) is 2.56. The predicted octanol–water partition coefficient (Wildman–Crippen LogP) is 1.14. The molecule has 0 aliphatic rings. The molecule has 0 radical (unpaired) electrons. The van der Waals surface area contributed by atoms with Crippen LogP contribution in [0.5, 0.6) is 5.75 Å². The second-order valence-electron chi connectivity index (χ2n) is 3.73. The highest BCUT2D eigenvalue weighted by Gasteiger charge is 2.02. The Kier molecular flexibility index (Phi) is 3.22. The van der Waals surface area contributed by atoms with Gasteiger partial charge < -0.3 is 10.1 Å². The van der Waals surface area contributed by atoms with Gasteiger partial charge >= 0.3 is 0 Å². The summed E-state index contributed by atoms with van der Waals surface area (Å²) in [6, 6.07) is 5.92. The molecule has 0 saturated heterocycles. The maximum absolute atomic E-state index is 5.20. The average Bonchev–Trinajstić information content (AvgIpc) is 2.73. The van der Waals surface area contributed by atoms with Crippen molar-refractivity contribution < 1.29 is 4.74 Å². The van der Waals surface area contributed by atoms with E-state index in [0.717, 1.165) is 17.0 Å². The van der Waals surface area contributed by atoms with Crippen LogP contribution >= 0.6 is 0 Å². The minimum atomic E-state index is 0.555. The fraction of sp³-hybridized carbons (Fsp3) is 0.364. The number of hydrogen-bond donors (Lipinski definition) is 1. The van der Waals surface area contributed by atoms with Crippen LogP contribution in [0.3, 0.4) is 0 Å². The van der Waals surface area contributed by atoms with Crippen LogP contribution in [0.4, 0.5) is 5.69 Å². The van der Waals surface area contributed by atoms with Gasteiger partial charge in [0.25, 0.3) is 0 Å². The van der Waals surface area contributed by atoms with Crippen LogP contribution in [0.15, 0.2) is 18.2 Å². The summed E-state index contributed by atoms with van der Waals surface area (Å²) in [7, 11) is 3.41. The predicted molar refractivity (Wildman–Crippen MR) is 63.9 cm³/mol. The molecular weight excluding hydrogens is 218 g/mol. The van der Waals surface area contributed by atoms with Crippen molar-refractivity contribution in [2.45, 2.75) is 13.5 Å². The first-order valence-corrected chi connectivity index (χ1v) is 5.30. The van der Waals surface area contributed by atoms with Crippen molar-refractivity contribution >= 4 is 5.69 Å². The Bertz CT molecular complexity index is 508. The molecule has 17 heavy (non-hydrogen) atoms. The number of ether oxygens (including phenoxy) is 1. The SMILES string of the molecule is COc1ccc(NCc2nnn(C)n2)cc1C. The maximum Gasteiger partial charge on any atom is 0.193 e. The van der Waals surface area contributed by atoms with E-state index < -0.39 is 0 Å². The lowest BCUT2D eigenvalue weighted by Crippen LogP contribution is -2.02. The van der Waals surface area contributed by atoms with Crippen LogP contribution in [0.2, 0.25) is 0 Å². The van der Waals surface area contributed by atoms with Crippen LogP contribution in [-0.2, 0) is 13.6 Å². The number of benzene rings is 1. The van der Waals surface area contributed by atoms with Crippen LogP contribution in [0, 0.1) is 6.92 Å². The summed E-state index contributed by atoms with van der Waals surface area (Å²) in [4.78, 5) is 1.44. The molecule has 0 unspecified atom stereocenters. The van der Waals surface area contributed by atoms with Crippen LogP contribution < -0.4 is 10.1 Å². The maximum atomic E-state index is 5.20. The first-order chi connectivity index (χ1) is 8.19. The summed E-state index contributed by atoms with van der Waals surface area (Å²) < 4.78 is 5.20. The third kappa shape index (κ3) is 2.72. The molecule has 1 aromatic heterocycles. The molecule has 0 bridgehead atoms. The summed E-state index contributed by atoms with van der Waals surface area (Å²) in [5.41, 5.74) is 2.10. The highest BCUT2D eigenvalue weighted by molar-refractivity contribution is 5.50. The number of aromatic nitrogens is 4. The van der Waals surface area contributed by atoms with Crippen LogP contribution in [0.25, 0.3) is 0 Å². The van der Waals surface area contributed by atoms with Gasteiger partial charge in [-0.3, -0.25) is 0 Å². The topological polar surface area (TPSA) is 64.9 Å². The minimum absolute atomic E-state index is 0.555. The molecule has 6 heteroatoms. The lowest BCUT2D eigenvalue weighted by Gasteiger charge is -2.08. The zero-order chi connectivity index (χ0) is 12.3. The Morgan fingerprint density at radius 3 is 2.82 bits per heavy atom. The molecular formula is C11H15N5O. The first kappa shape index (κ1) is 11.4. The Balaban J connectivity index is 2.02. The molecule has 90 valence electrons. The summed E-state index contributed by atoms with van der Waals surface area (Å²) in [5.74, 6) is 1.55. The summed E-state index contributed by atoms with van der Waals surface area (Å²) in [5, 5.41) is 15.0. The highest BCUT2D eigenvalue weighted by atomic mass is 16.5. The van der Waals surface area contributed by atoms with Crippen molar-refractivity contribution in [3.63, 3.8) is 0 Å². The molecule has 0 atom stereocenters. The molecule has 0 fully saturated rings. The number of tetrazole rings is 1. The van der Waals surface area contributed by atoms with Crippen molar-refractivity contribution in [3.8, 4) is 5.75 Å². The Morgan fingerprint density at radius 1 is 1.41 bits per heavy atom. The average molecular weight is 233 g/mol. The van der Waals surface area contributed by atoms with E-state index in [9.17, 15) is 0 Å². The van der Waals surface area contributed by atoms with Crippen molar-refractivity contribution in [3.05, 3.63) is 29.6 Å². The van der Waals surface area contributed by atoms with Gasteiger partial charge in [0.1, 0.15) is 5.75 Å². The van der Waals surface area contributed by atoms with Gasteiger partial charge in [-0.2, -0.15) is 4.80 Å². The van der Waals surface area contributed by atoms with Crippen molar-refractivity contribution in [1.29, 1.82) is 0 Å². The highest BCUT2D eigenvalue weighted by Crippen LogP contribution is 2.21. The van der Waals surface area contributed by atoms with Gasteiger partial charge in [0, 0.05) is 5.69 Å². The Hall–Kier alpha value is -2.11. The van der Waals surface area contributed by atoms with E-state index in [1.807, 2.05) is 25.1 Å². The number of rotatable bonds is 4. The molecule has 6 nitrogen and oxygen atoms in total. The van der Waals surface area contributed by atoms with Gasteiger partial charge in [0.2, 0.25) is 0 Å². The largest absolute Gasteiger partial charge is 0.496 e. The number of methoxy groups -OCH3 is 1. The summed E-state index contributed by atoms with van der Waals surface area (Å²) >= 11 is 0. The van der Waals surface area contributed by atoms with Gasteiger partial charge in [-0.15, -0.1) is 10.2 Å². The number of nitrogens with one attached hydrogen (secondary N) is 1. The molecule has 0 amide bonds. The fourth-order valence-corrected chi connectivity index (χ4v) is 1.56. The smallest absolute Gasteiger partial charge is 0.193 e. The molecule has 0 aliphatic heterocycles.